The number of aromatic amines is 1. The quantitative estimate of drug-likeness (QED) is 0.649. The maximum Gasteiger partial charge on any atom is 0.272 e. The first-order valence-corrected chi connectivity index (χ1v) is 5.96. The molecule has 1 aliphatic rings. The van der Waals surface area contributed by atoms with Gasteiger partial charge in [-0.2, -0.15) is 10.2 Å². The van der Waals surface area contributed by atoms with Crippen molar-refractivity contribution in [3.8, 4) is 0 Å². The maximum absolute atomic E-state index is 11.6. The molecule has 0 fully saturated rings. The molecule has 3 rings (SSSR count). The maximum atomic E-state index is 11.6. The zero-order chi connectivity index (χ0) is 13.1. The first-order valence-electron chi connectivity index (χ1n) is 5.96. The van der Waals surface area contributed by atoms with Crippen molar-refractivity contribution in [3.63, 3.8) is 0 Å². The lowest BCUT2D eigenvalue weighted by atomic mass is 10.2. The fourth-order valence-electron chi connectivity index (χ4n) is 1.93. The van der Waals surface area contributed by atoms with E-state index in [1.807, 2.05) is 42.5 Å². The molecule has 0 saturated heterocycles. The smallest absolute Gasteiger partial charge is 0.267 e. The molecule has 2 aromatic rings. The van der Waals surface area contributed by atoms with Crippen molar-refractivity contribution in [2.45, 2.75) is 0 Å². The highest BCUT2D eigenvalue weighted by molar-refractivity contribution is 5.90. The number of H-pyrrole nitrogens is 1. The summed E-state index contributed by atoms with van der Waals surface area (Å²) in [6.07, 6.45) is 9.80. The summed E-state index contributed by atoms with van der Waals surface area (Å²) in [6.45, 7) is 0. The van der Waals surface area contributed by atoms with Crippen molar-refractivity contribution < 1.29 is 0 Å². The van der Waals surface area contributed by atoms with Gasteiger partial charge in [0.25, 0.3) is 5.56 Å². The fraction of sp³-hybridized carbons (Fsp3) is 0.0714. The van der Waals surface area contributed by atoms with Gasteiger partial charge in [-0.15, -0.1) is 0 Å². The van der Waals surface area contributed by atoms with Crippen LogP contribution in [-0.4, -0.2) is 16.4 Å². The van der Waals surface area contributed by atoms with E-state index in [0.717, 1.165) is 5.39 Å². The van der Waals surface area contributed by atoms with E-state index >= 15 is 0 Å². The summed E-state index contributed by atoms with van der Waals surface area (Å²) in [5.41, 5.74) is 2.66. The molecule has 1 aromatic carbocycles. The van der Waals surface area contributed by atoms with Gasteiger partial charge in [0, 0.05) is 17.5 Å². The first-order chi connectivity index (χ1) is 9.34. The van der Waals surface area contributed by atoms with Crippen LogP contribution in [0.1, 0.15) is 0 Å². The summed E-state index contributed by atoms with van der Waals surface area (Å²) in [7, 11) is 0. The number of rotatable bonds is 3. The molecule has 0 unspecified atom stereocenters. The molecule has 0 saturated carbocycles. The number of fused-ring (bicyclic) bond motifs is 1. The molecule has 0 radical (unpaired) electrons. The molecule has 0 spiro atoms. The fourth-order valence-corrected chi connectivity index (χ4v) is 1.93. The Hall–Kier alpha value is -2.69. The summed E-state index contributed by atoms with van der Waals surface area (Å²) in [4.78, 5) is 11.6. The molecule has 19 heavy (non-hydrogen) atoms. The SMILES string of the molecule is O=c1[nH]nc(N/N=C/C2C=CC=C2)c2ccccc12. The van der Waals surface area contributed by atoms with Gasteiger partial charge in [0.15, 0.2) is 5.82 Å². The summed E-state index contributed by atoms with van der Waals surface area (Å²) in [6, 6.07) is 7.28. The van der Waals surface area contributed by atoms with E-state index in [0.29, 0.717) is 11.2 Å². The van der Waals surface area contributed by atoms with E-state index in [9.17, 15) is 4.79 Å². The number of allylic oxidation sites excluding steroid dienone is 4. The van der Waals surface area contributed by atoms with E-state index in [4.69, 9.17) is 0 Å². The highest BCUT2D eigenvalue weighted by Crippen LogP contribution is 2.16. The molecule has 0 bridgehead atoms. The predicted molar refractivity (Wildman–Crippen MR) is 76.2 cm³/mol. The minimum Gasteiger partial charge on any atom is -0.267 e. The highest BCUT2D eigenvalue weighted by Gasteiger charge is 2.04. The van der Waals surface area contributed by atoms with Crippen LogP contribution < -0.4 is 11.0 Å². The summed E-state index contributed by atoms with van der Waals surface area (Å²) in [5.74, 6) is 0.749. The normalized spacial score (nSPS) is 14.7. The van der Waals surface area contributed by atoms with Crippen LogP contribution in [0.15, 0.2) is 58.5 Å². The first kappa shape index (κ1) is 11.4. The van der Waals surface area contributed by atoms with E-state index in [2.05, 4.69) is 20.7 Å². The molecule has 5 nitrogen and oxygen atoms in total. The lowest BCUT2D eigenvalue weighted by Gasteiger charge is -2.03. The highest BCUT2D eigenvalue weighted by atomic mass is 16.1. The lowest BCUT2D eigenvalue weighted by Crippen LogP contribution is -2.10. The number of hydrogen-bond acceptors (Lipinski definition) is 4. The third kappa shape index (κ3) is 2.30. The number of benzene rings is 1. The van der Waals surface area contributed by atoms with Gasteiger partial charge in [-0.3, -0.25) is 10.2 Å². The molecule has 0 amide bonds. The Morgan fingerprint density at radius 2 is 1.95 bits per heavy atom. The summed E-state index contributed by atoms with van der Waals surface area (Å²) in [5, 5.41) is 11.9. The van der Waals surface area contributed by atoms with Gasteiger partial charge in [-0.1, -0.05) is 42.5 Å². The van der Waals surface area contributed by atoms with Crippen LogP contribution >= 0.6 is 0 Å². The van der Waals surface area contributed by atoms with Crippen LogP contribution in [0.5, 0.6) is 0 Å². The second-order valence-electron chi connectivity index (χ2n) is 4.18. The standard InChI is InChI=1S/C14H12N4O/c19-14-12-8-4-3-7-11(12)13(17-18-14)16-15-9-10-5-1-2-6-10/h1-10H,(H,16,17)(H,18,19)/b15-9+. The topological polar surface area (TPSA) is 70.1 Å². The van der Waals surface area contributed by atoms with E-state index in [1.54, 1.807) is 12.3 Å². The molecule has 94 valence electrons. The number of nitrogens with one attached hydrogen (secondary N) is 2. The number of nitrogens with zero attached hydrogens (tertiary/aromatic N) is 2. The summed E-state index contributed by atoms with van der Waals surface area (Å²) < 4.78 is 0. The van der Waals surface area contributed by atoms with Crippen molar-refractivity contribution in [2.24, 2.45) is 11.0 Å². The molecule has 1 heterocycles. The number of hydrogen-bond donors (Lipinski definition) is 2. The molecule has 1 aliphatic carbocycles. The van der Waals surface area contributed by atoms with Crippen molar-refractivity contribution in [1.82, 2.24) is 10.2 Å². The minimum absolute atomic E-state index is 0.202. The third-order valence-electron chi connectivity index (χ3n) is 2.89. The molecule has 5 heteroatoms. The second-order valence-corrected chi connectivity index (χ2v) is 4.18. The Bertz CT molecular complexity index is 730. The number of anilines is 1. The number of hydrazone groups is 1. The van der Waals surface area contributed by atoms with Gasteiger partial charge in [-0.25, -0.2) is 5.10 Å². The van der Waals surface area contributed by atoms with E-state index < -0.39 is 0 Å². The molecular formula is C14H12N4O. The Morgan fingerprint density at radius 3 is 2.74 bits per heavy atom. The molecule has 0 aliphatic heterocycles. The number of aromatic nitrogens is 2. The van der Waals surface area contributed by atoms with Crippen LogP contribution in [0, 0.1) is 5.92 Å². The average Bonchev–Trinajstić information content (AvgIpc) is 2.95. The third-order valence-corrected chi connectivity index (χ3v) is 2.89. The van der Waals surface area contributed by atoms with Gasteiger partial charge in [0.1, 0.15) is 0 Å². The largest absolute Gasteiger partial charge is 0.272 e. The van der Waals surface area contributed by atoms with Gasteiger partial charge in [-0.05, 0) is 6.07 Å². The second kappa shape index (κ2) is 4.89. The molecule has 1 aromatic heterocycles. The van der Waals surface area contributed by atoms with Gasteiger partial charge < -0.3 is 0 Å². The van der Waals surface area contributed by atoms with E-state index in [1.165, 1.54) is 0 Å². The van der Waals surface area contributed by atoms with Crippen molar-refractivity contribution in [3.05, 3.63) is 58.9 Å². The average molecular weight is 252 g/mol. The van der Waals surface area contributed by atoms with Crippen LogP contribution in [0.2, 0.25) is 0 Å². The van der Waals surface area contributed by atoms with Crippen LogP contribution in [0.25, 0.3) is 10.8 Å². The molecular weight excluding hydrogens is 240 g/mol. The Morgan fingerprint density at radius 1 is 1.21 bits per heavy atom. The van der Waals surface area contributed by atoms with Crippen LogP contribution in [0.3, 0.4) is 0 Å². The monoisotopic (exact) mass is 252 g/mol. The van der Waals surface area contributed by atoms with Crippen molar-refractivity contribution in [2.75, 3.05) is 5.43 Å². The Kier molecular flexibility index (Phi) is 2.94. The van der Waals surface area contributed by atoms with E-state index in [-0.39, 0.29) is 11.5 Å². The van der Waals surface area contributed by atoms with Crippen molar-refractivity contribution >= 4 is 22.8 Å². The van der Waals surface area contributed by atoms with Gasteiger partial charge in [0.05, 0.1) is 5.39 Å². The van der Waals surface area contributed by atoms with Crippen LogP contribution in [0.4, 0.5) is 5.82 Å². The van der Waals surface area contributed by atoms with Crippen LogP contribution in [-0.2, 0) is 0 Å². The van der Waals surface area contributed by atoms with Gasteiger partial charge >= 0.3 is 0 Å². The Balaban J connectivity index is 1.89. The lowest BCUT2D eigenvalue weighted by molar-refractivity contribution is 1.00. The molecule has 0 atom stereocenters. The zero-order valence-corrected chi connectivity index (χ0v) is 10.1. The summed E-state index contributed by atoms with van der Waals surface area (Å²) >= 11 is 0. The molecule has 2 N–H and O–H groups in total. The zero-order valence-electron chi connectivity index (χ0n) is 10.1. The predicted octanol–water partition coefficient (Wildman–Crippen LogP) is 2.06. The minimum atomic E-state index is -0.202. The van der Waals surface area contributed by atoms with Gasteiger partial charge in [0.2, 0.25) is 0 Å². The Labute approximate surface area is 109 Å². The van der Waals surface area contributed by atoms with Crippen molar-refractivity contribution in [1.29, 1.82) is 0 Å².